The molecule has 144 valence electrons. The first kappa shape index (κ1) is 20.2. The van der Waals surface area contributed by atoms with E-state index in [-0.39, 0.29) is 12.5 Å². The Kier molecular flexibility index (Phi) is 7.16. The Morgan fingerprint density at radius 1 is 1.15 bits per heavy atom. The average Bonchev–Trinajstić information content (AvgIpc) is 2.69. The van der Waals surface area contributed by atoms with E-state index in [0.29, 0.717) is 11.3 Å². The van der Waals surface area contributed by atoms with Gasteiger partial charge >= 0.3 is 6.09 Å². The molecule has 0 spiro atoms. The first-order valence-electron chi connectivity index (χ1n) is 8.92. The summed E-state index contributed by atoms with van der Waals surface area (Å²) in [5.74, 6) is -0.226. The molecule has 0 radical (unpaired) electrons. The first-order valence-corrected chi connectivity index (χ1v) is 8.92. The highest BCUT2D eigenvalue weighted by molar-refractivity contribution is 6.04. The summed E-state index contributed by atoms with van der Waals surface area (Å²) in [6.07, 6.45) is 0.995. The van der Waals surface area contributed by atoms with Crippen molar-refractivity contribution < 1.29 is 14.3 Å². The smallest absolute Gasteiger partial charge is 0.407 e. The van der Waals surface area contributed by atoms with Crippen molar-refractivity contribution in [2.24, 2.45) is 0 Å². The number of methoxy groups -OCH3 is 1. The van der Waals surface area contributed by atoms with E-state index in [0.717, 1.165) is 30.0 Å². The lowest BCUT2D eigenvalue weighted by Gasteiger charge is -2.22. The fraction of sp³-hybridized carbons (Fsp3) is 0.350. The van der Waals surface area contributed by atoms with Gasteiger partial charge in [-0.1, -0.05) is 0 Å². The van der Waals surface area contributed by atoms with E-state index in [9.17, 15) is 9.59 Å². The molecule has 27 heavy (non-hydrogen) atoms. The van der Waals surface area contributed by atoms with E-state index >= 15 is 0 Å². The third-order valence-electron chi connectivity index (χ3n) is 4.26. The Morgan fingerprint density at radius 2 is 1.89 bits per heavy atom. The van der Waals surface area contributed by atoms with Crippen molar-refractivity contribution in [2.45, 2.75) is 27.3 Å². The molecule has 0 atom stereocenters. The topological polar surface area (TPSA) is 83.6 Å². The second-order valence-electron chi connectivity index (χ2n) is 6.01. The van der Waals surface area contributed by atoms with Gasteiger partial charge in [-0.3, -0.25) is 9.78 Å². The number of alkyl carbamates (subject to hydrolysis) is 1. The van der Waals surface area contributed by atoms with Crippen LogP contribution in [0.5, 0.6) is 0 Å². The molecule has 0 bridgehead atoms. The SMILES string of the molecule is CCN(CC)c1ccc(NC(=O)c2ccnc(CNC(=O)OC)c2)c(C)c1. The van der Waals surface area contributed by atoms with Crippen molar-refractivity contribution in [1.29, 1.82) is 0 Å². The summed E-state index contributed by atoms with van der Waals surface area (Å²) < 4.78 is 4.52. The van der Waals surface area contributed by atoms with Gasteiger partial charge in [-0.25, -0.2) is 4.79 Å². The predicted molar refractivity (Wildman–Crippen MR) is 106 cm³/mol. The van der Waals surface area contributed by atoms with Gasteiger partial charge in [-0.2, -0.15) is 0 Å². The molecule has 2 amide bonds. The highest BCUT2D eigenvalue weighted by Gasteiger charge is 2.11. The zero-order valence-corrected chi connectivity index (χ0v) is 16.2. The Bertz CT molecular complexity index is 804. The summed E-state index contributed by atoms with van der Waals surface area (Å²) in [5.41, 5.74) is 3.94. The van der Waals surface area contributed by atoms with Gasteiger partial charge in [0.05, 0.1) is 19.3 Å². The lowest BCUT2D eigenvalue weighted by Crippen LogP contribution is -2.23. The highest BCUT2D eigenvalue weighted by Crippen LogP contribution is 2.23. The van der Waals surface area contributed by atoms with Crippen molar-refractivity contribution in [2.75, 3.05) is 30.4 Å². The van der Waals surface area contributed by atoms with Gasteiger partial charge in [-0.05, 0) is 56.7 Å². The van der Waals surface area contributed by atoms with Crippen molar-refractivity contribution in [1.82, 2.24) is 10.3 Å². The van der Waals surface area contributed by atoms with E-state index < -0.39 is 6.09 Å². The Hall–Kier alpha value is -3.09. The van der Waals surface area contributed by atoms with Gasteiger partial charge in [-0.15, -0.1) is 0 Å². The van der Waals surface area contributed by atoms with E-state index in [1.807, 2.05) is 19.1 Å². The number of amides is 2. The average molecular weight is 370 g/mol. The monoisotopic (exact) mass is 370 g/mol. The third-order valence-corrected chi connectivity index (χ3v) is 4.26. The number of hydrogen-bond donors (Lipinski definition) is 2. The number of anilines is 2. The Morgan fingerprint density at radius 3 is 2.52 bits per heavy atom. The molecule has 2 N–H and O–H groups in total. The fourth-order valence-electron chi connectivity index (χ4n) is 2.72. The molecular weight excluding hydrogens is 344 g/mol. The number of aromatic nitrogens is 1. The third kappa shape index (κ3) is 5.44. The van der Waals surface area contributed by atoms with Gasteiger partial charge in [0.1, 0.15) is 0 Å². The maximum atomic E-state index is 12.6. The van der Waals surface area contributed by atoms with Crippen LogP contribution in [0, 0.1) is 6.92 Å². The maximum absolute atomic E-state index is 12.6. The second kappa shape index (κ2) is 9.56. The number of ether oxygens (including phenoxy) is 1. The number of aryl methyl sites for hydroxylation is 1. The lowest BCUT2D eigenvalue weighted by molar-refractivity contribution is 0.102. The van der Waals surface area contributed by atoms with Crippen LogP contribution in [0.15, 0.2) is 36.5 Å². The van der Waals surface area contributed by atoms with E-state index in [1.54, 1.807) is 18.3 Å². The van der Waals surface area contributed by atoms with Gasteiger partial charge < -0.3 is 20.3 Å². The molecule has 0 aliphatic heterocycles. The van der Waals surface area contributed by atoms with Crippen molar-refractivity contribution in [3.8, 4) is 0 Å². The Labute approximate surface area is 159 Å². The van der Waals surface area contributed by atoms with Crippen LogP contribution in [0.3, 0.4) is 0 Å². The molecule has 0 aliphatic rings. The summed E-state index contributed by atoms with van der Waals surface area (Å²) in [4.78, 5) is 30.1. The minimum Gasteiger partial charge on any atom is -0.453 e. The molecule has 2 aromatic rings. The molecule has 1 heterocycles. The van der Waals surface area contributed by atoms with Crippen LogP contribution in [0.1, 0.15) is 35.5 Å². The van der Waals surface area contributed by atoms with Gasteiger partial charge in [0, 0.05) is 36.2 Å². The van der Waals surface area contributed by atoms with E-state index in [1.165, 1.54) is 7.11 Å². The fourth-order valence-corrected chi connectivity index (χ4v) is 2.72. The first-order chi connectivity index (χ1) is 13.0. The zero-order chi connectivity index (χ0) is 19.8. The molecule has 7 nitrogen and oxygen atoms in total. The molecule has 0 fully saturated rings. The van der Waals surface area contributed by atoms with Gasteiger partial charge in [0.15, 0.2) is 0 Å². The zero-order valence-electron chi connectivity index (χ0n) is 16.2. The number of carbonyl (C=O) groups excluding carboxylic acids is 2. The summed E-state index contributed by atoms with van der Waals surface area (Å²) in [5, 5.41) is 5.48. The van der Waals surface area contributed by atoms with Crippen molar-refractivity contribution >= 4 is 23.4 Å². The van der Waals surface area contributed by atoms with Crippen LogP contribution >= 0.6 is 0 Å². The van der Waals surface area contributed by atoms with Gasteiger partial charge in [0.25, 0.3) is 5.91 Å². The predicted octanol–water partition coefficient (Wildman–Crippen LogP) is 3.34. The molecule has 0 saturated heterocycles. The summed E-state index contributed by atoms with van der Waals surface area (Å²) in [6.45, 7) is 8.25. The van der Waals surface area contributed by atoms with Crippen LogP contribution in [0.25, 0.3) is 0 Å². The molecule has 2 rings (SSSR count). The molecule has 0 saturated carbocycles. The minimum absolute atomic E-state index is 0.186. The summed E-state index contributed by atoms with van der Waals surface area (Å²) in [6, 6.07) is 9.28. The number of benzene rings is 1. The second-order valence-corrected chi connectivity index (χ2v) is 6.01. The number of rotatable bonds is 7. The van der Waals surface area contributed by atoms with Crippen molar-refractivity contribution in [3.05, 3.63) is 53.3 Å². The van der Waals surface area contributed by atoms with Crippen LogP contribution in [-0.4, -0.2) is 37.2 Å². The van der Waals surface area contributed by atoms with E-state index in [2.05, 4.69) is 45.2 Å². The van der Waals surface area contributed by atoms with Gasteiger partial charge in [0.2, 0.25) is 0 Å². The minimum atomic E-state index is -0.546. The molecule has 1 aromatic carbocycles. The molecular formula is C20H26N4O3. The maximum Gasteiger partial charge on any atom is 0.407 e. The van der Waals surface area contributed by atoms with Crippen LogP contribution in [-0.2, 0) is 11.3 Å². The van der Waals surface area contributed by atoms with Crippen LogP contribution < -0.4 is 15.5 Å². The molecule has 1 aromatic heterocycles. The lowest BCUT2D eigenvalue weighted by atomic mass is 10.1. The normalized spacial score (nSPS) is 10.2. The number of pyridine rings is 1. The van der Waals surface area contributed by atoms with Crippen LogP contribution in [0.2, 0.25) is 0 Å². The molecule has 7 heteroatoms. The number of hydrogen-bond acceptors (Lipinski definition) is 5. The van der Waals surface area contributed by atoms with Crippen molar-refractivity contribution in [3.63, 3.8) is 0 Å². The Balaban J connectivity index is 2.09. The standard InChI is InChI=1S/C20H26N4O3/c1-5-24(6-2)17-7-8-18(14(3)11-17)23-19(25)15-9-10-21-16(12-15)13-22-20(26)27-4/h7-12H,5-6,13H2,1-4H3,(H,22,26)(H,23,25). The quantitative estimate of drug-likeness (QED) is 0.781. The highest BCUT2D eigenvalue weighted by atomic mass is 16.5. The summed E-state index contributed by atoms with van der Waals surface area (Å²) >= 11 is 0. The number of nitrogens with zero attached hydrogens (tertiary/aromatic N) is 2. The molecule has 0 aliphatic carbocycles. The van der Waals surface area contributed by atoms with E-state index in [4.69, 9.17) is 0 Å². The summed E-state index contributed by atoms with van der Waals surface area (Å²) in [7, 11) is 1.29. The number of carbonyl (C=O) groups is 2. The molecule has 0 unspecified atom stereocenters. The largest absolute Gasteiger partial charge is 0.453 e. The number of nitrogens with one attached hydrogen (secondary N) is 2. The van der Waals surface area contributed by atoms with Crippen LogP contribution in [0.4, 0.5) is 16.2 Å².